The minimum atomic E-state index is -0.554. The van der Waals surface area contributed by atoms with Crippen molar-refractivity contribution in [2.24, 2.45) is 11.5 Å². The molecule has 0 aliphatic carbocycles. The number of non-ortho nitro benzene ring substituents is 1. The number of phenols is 1. The Balaban J connectivity index is 0.00000324. The van der Waals surface area contributed by atoms with Crippen molar-refractivity contribution in [3.05, 3.63) is 27.8 Å². The van der Waals surface area contributed by atoms with Gasteiger partial charge in [-0.1, -0.05) is 0 Å². The lowest BCUT2D eigenvalue weighted by Gasteiger charge is -2.15. The van der Waals surface area contributed by atoms with Crippen LogP contribution < -0.4 is 16.2 Å². The first kappa shape index (κ1) is 17.4. The number of phenolic OH excluding ortho intramolecular Hbond substituents is 1. The fraction of sp³-hybridized carbons (Fsp3) is 0.455. The Morgan fingerprint density at radius 2 is 2.16 bits per heavy atom. The van der Waals surface area contributed by atoms with Crippen LogP contribution in [-0.2, 0) is 0 Å². The first-order chi connectivity index (χ1) is 8.51. The van der Waals surface area contributed by atoms with E-state index >= 15 is 0 Å². The third-order valence-corrected chi connectivity index (χ3v) is 2.64. The van der Waals surface area contributed by atoms with Gasteiger partial charge in [-0.3, -0.25) is 10.1 Å². The van der Waals surface area contributed by atoms with Crippen molar-refractivity contribution >= 4 is 18.1 Å². The van der Waals surface area contributed by atoms with Gasteiger partial charge < -0.3 is 21.3 Å². The summed E-state index contributed by atoms with van der Waals surface area (Å²) in [6, 6.07) is 1.91. The van der Waals surface area contributed by atoms with Crippen molar-refractivity contribution in [2.75, 3.05) is 13.7 Å². The molecule has 0 heterocycles. The van der Waals surface area contributed by atoms with Gasteiger partial charge in [0.25, 0.3) is 5.69 Å². The first-order valence-electron chi connectivity index (χ1n) is 5.52. The lowest BCUT2D eigenvalue weighted by atomic mass is 10.0. The molecular weight excluding hydrogens is 274 g/mol. The third kappa shape index (κ3) is 4.23. The van der Waals surface area contributed by atoms with Gasteiger partial charge in [-0.25, -0.2) is 0 Å². The molecule has 1 aromatic carbocycles. The van der Waals surface area contributed by atoms with Gasteiger partial charge in [0.05, 0.1) is 18.1 Å². The number of nitrogens with zero attached hydrogens (tertiary/aromatic N) is 1. The molecule has 0 unspecified atom stereocenters. The highest BCUT2D eigenvalue weighted by molar-refractivity contribution is 5.85. The van der Waals surface area contributed by atoms with E-state index < -0.39 is 11.0 Å². The van der Waals surface area contributed by atoms with Crippen molar-refractivity contribution in [3.63, 3.8) is 0 Å². The number of ether oxygens (including phenoxy) is 1. The molecule has 108 valence electrons. The summed E-state index contributed by atoms with van der Waals surface area (Å²) in [6.45, 7) is 0.473. The van der Waals surface area contributed by atoms with E-state index in [-0.39, 0.29) is 29.6 Å². The molecule has 1 rings (SSSR count). The van der Waals surface area contributed by atoms with Crippen LogP contribution in [0.25, 0.3) is 0 Å². The zero-order valence-corrected chi connectivity index (χ0v) is 11.4. The molecule has 0 saturated heterocycles. The van der Waals surface area contributed by atoms with Crippen LogP contribution in [0.1, 0.15) is 24.4 Å². The summed E-state index contributed by atoms with van der Waals surface area (Å²) in [6.07, 6.45) is 1.21. The van der Waals surface area contributed by atoms with Crippen LogP contribution in [0, 0.1) is 10.1 Å². The van der Waals surface area contributed by atoms with E-state index in [0.717, 1.165) is 6.07 Å². The average Bonchev–Trinajstić information content (AvgIpc) is 2.35. The Morgan fingerprint density at radius 3 is 2.63 bits per heavy atom. The van der Waals surface area contributed by atoms with E-state index in [0.29, 0.717) is 24.9 Å². The van der Waals surface area contributed by atoms with Gasteiger partial charge >= 0.3 is 0 Å². The van der Waals surface area contributed by atoms with Gasteiger partial charge in [-0.2, -0.15) is 0 Å². The summed E-state index contributed by atoms with van der Waals surface area (Å²) in [5, 5.41) is 20.7. The number of nitro groups is 1. The molecule has 8 heteroatoms. The molecular formula is C11H18ClN3O4. The topological polar surface area (TPSA) is 125 Å². The van der Waals surface area contributed by atoms with Crippen LogP contribution >= 0.6 is 12.4 Å². The van der Waals surface area contributed by atoms with Crippen molar-refractivity contribution in [1.29, 1.82) is 0 Å². The van der Waals surface area contributed by atoms with Crippen LogP contribution in [0.15, 0.2) is 12.1 Å². The number of methoxy groups -OCH3 is 1. The lowest BCUT2D eigenvalue weighted by Crippen LogP contribution is -2.13. The predicted octanol–water partition coefficient (Wildman–Crippen LogP) is 1.47. The van der Waals surface area contributed by atoms with E-state index in [1.807, 2.05) is 0 Å². The average molecular weight is 292 g/mol. The number of halogens is 1. The lowest BCUT2D eigenvalue weighted by molar-refractivity contribution is -0.385. The van der Waals surface area contributed by atoms with E-state index in [1.165, 1.54) is 13.2 Å². The van der Waals surface area contributed by atoms with E-state index in [9.17, 15) is 15.2 Å². The Labute approximate surface area is 117 Å². The summed E-state index contributed by atoms with van der Waals surface area (Å²) < 4.78 is 4.90. The fourth-order valence-corrected chi connectivity index (χ4v) is 1.65. The normalized spacial score (nSPS) is 11.5. The largest absolute Gasteiger partial charge is 0.504 e. The highest BCUT2D eigenvalue weighted by Crippen LogP contribution is 2.38. The van der Waals surface area contributed by atoms with E-state index in [1.54, 1.807) is 0 Å². The molecule has 0 amide bonds. The van der Waals surface area contributed by atoms with Crippen LogP contribution in [0.5, 0.6) is 11.5 Å². The third-order valence-electron chi connectivity index (χ3n) is 2.64. The molecule has 1 atom stereocenters. The molecule has 0 fully saturated rings. The van der Waals surface area contributed by atoms with E-state index in [4.69, 9.17) is 16.2 Å². The van der Waals surface area contributed by atoms with Crippen LogP contribution in [-0.4, -0.2) is 23.7 Å². The van der Waals surface area contributed by atoms with Crippen LogP contribution in [0.3, 0.4) is 0 Å². The van der Waals surface area contributed by atoms with Crippen molar-refractivity contribution in [3.8, 4) is 11.5 Å². The van der Waals surface area contributed by atoms with Crippen molar-refractivity contribution < 1.29 is 14.8 Å². The van der Waals surface area contributed by atoms with Gasteiger partial charge in [0.1, 0.15) is 0 Å². The fourth-order valence-electron chi connectivity index (χ4n) is 1.65. The van der Waals surface area contributed by atoms with Crippen LogP contribution in [0.2, 0.25) is 0 Å². The standard InChI is InChI=1S/C11H17N3O4.ClH/c1-18-10-6-7(14(16)17)5-8(11(10)15)9(13)3-2-4-12;/h5-6,9,15H,2-4,12-13H2,1H3;1H/t9-;/m0./s1. The first-order valence-corrected chi connectivity index (χ1v) is 5.52. The Hall–Kier alpha value is -1.57. The molecule has 0 bridgehead atoms. The maximum absolute atomic E-state index is 10.8. The zero-order chi connectivity index (χ0) is 13.7. The Kier molecular flexibility index (Phi) is 7.13. The summed E-state index contributed by atoms with van der Waals surface area (Å²) in [5.74, 6) is -0.116. The second kappa shape index (κ2) is 7.78. The van der Waals surface area contributed by atoms with Crippen molar-refractivity contribution in [2.45, 2.75) is 18.9 Å². The highest BCUT2D eigenvalue weighted by atomic mass is 35.5. The highest BCUT2D eigenvalue weighted by Gasteiger charge is 2.20. The van der Waals surface area contributed by atoms with Gasteiger partial charge in [0.15, 0.2) is 11.5 Å². The molecule has 0 spiro atoms. The molecule has 0 aromatic heterocycles. The van der Waals surface area contributed by atoms with Gasteiger partial charge in [-0.05, 0) is 19.4 Å². The van der Waals surface area contributed by atoms with Crippen LogP contribution in [0.4, 0.5) is 5.69 Å². The number of rotatable bonds is 6. The molecule has 0 aliphatic rings. The molecule has 0 radical (unpaired) electrons. The number of hydrogen-bond donors (Lipinski definition) is 3. The second-order valence-electron chi connectivity index (χ2n) is 3.88. The van der Waals surface area contributed by atoms with Gasteiger partial charge in [-0.15, -0.1) is 12.4 Å². The number of hydrogen-bond acceptors (Lipinski definition) is 6. The SMILES string of the molecule is COc1cc([N+](=O)[O-])cc([C@@H](N)CCCN)c1O.Cl. The second-order valence-corrected chi connectivity index (χ2v) is 3.88. The van der Waals surface area contributed by atoms with Gasteiger partial charge in [0.2, 0.25) is 0 Å². The zero-order valence-electron chi connectivity index (χ0n) is 10.5. The maximum atomic E-state index is 10.8. The minimum absolute atomic E-state index is 0. The predicted molar refractivity (Wildman–Crippen MR) is 73.8 cm³/mol. The van der Waals surface area contributed by atoms with Gasteiger partial charge in [0, 0.05) is 17.7 Å². The number of aromatic hydroxyl groups is 1. The molecule has 7 nitrogen and oxygen atoms in total. The summed E-state index contributed by atoms with van der Waals surface area (Å²) in [4.78, 5) is 10.2. The number of nitro benzene ring substituents is 1. The number of benzene rings is 1. The molecule has 1 aromatic rings. The smallest absolute Gasteiger partial charge is 0.273 e. The summed E-state index contributed by atoms with van der Waals surface area (Å²) in [7, 11) is 1.33. The monoisotopic (exact) mass is 291 g/mol. The quantitative estimate of drug-likeness (QED) is 0.538. The molecule has 0 aliphatic heterocycles. The molecule has 19 heavy (non-hydrogen) atoms. The summed E-state index contributed by atoms with van der Waals surface area (Å²) in [5.41, 5.74) is 11.4. The Morgan fingerprint density at radius 1 is 1.53 bits per heavy atom. The minimum Gasteiger partial charge on any atom is -0.504 e. The molecule has 0 saturated carbocycles. The molecule has 5 N–H and O–H groups in total. The van der Waals surface area contributed by atoms with Crippen molar-refractivity contribution in [1.82, 2.24) is 0 Å². The summed E-state index contributed by atoms with van der Waals surface area (Å²) >= 11 is 0. The van der Waals surface area contributed by atoms with E-state index in [2.05, 4.69) is 0 Å². The Bertz CT molecular complexity index is 442. The maximum Gasteiger partial charge on any atom is 0.273 e. The number of nitrogens with two attached hydrogens (primary N) is 2.